The molecule has 146 valence electrons. The van der Waals surface area contributed by atoms with Crippen LogP contribution in [0.25, 0.3) is 5.57 Å². The molecule has 2 aromatic rings. The average Bonchev–Trinajstić information content (AvgIpc) is 2.68. The van der Waals surface area contributed by atoms with Gasteiger partial charge in [-0.25, -0.2) is 13.6 Å². The number of carbonyl (C=O) groups excluding carboxylic acids is 1. The van der Waals surface area contributed by atoms with Crippen molar-refractivity contribution in [1.29, 1.82) is 0 Å². The van der Waals surface area contributed by atoms with Crippen LogP contribution < -0.4 is 0 Å². The van der Waals surface area contributed by atoms with Crippen molar-refractivity contribution in [2.24, 2.45) is 0 Å². The van der Waals surface area contributed by atoms with Crippen LogP contribution in [0.5, 0.6) is 0 Å². The van der Waals surface area contributed by atoms with E-state index in [1.807, 2.05) is 36.4 Å². The van der Waals surface area contributed by atoms with Crippen LogP contribution in [0, 0.1) is 18.6 Å². The Kier molecular flexibility index (Phi) is 5.16. The van der Waals surface area contributed by atoms with Crippen LogP contribution in [0.4, 0.5) is 13.6 Å². The average molecular weight is 383 g/mol. The molecule has 1 fully saturated rings. The summed E-state index contributed by atoms with van der Waals surface area (Å²) in [5.41, 5.74) is 2.65. The summed E-state index contributed by atoms with van der Waals surface area (Å²) in [6.45, 7) is 1.87. The molecule has 1 saturated heterocycles. The predicted octanol–water partition coefficient (Wildman–Crippen LogP) is 5.62. The minimum absolute atomic E-state index is 0.0215. The van der Waals surface area contributed by atoms with Crippen molar-refractivity contribution < 1.29 is 18.3 Å². The van der Waals surface area contributed by atoms with Gasteiger partial charge in [0.15, 0.2) is 0 Å². The molecule has 0 N–H and O–H groups in total. The summed E-state index contributed by atoms with van der Waals surface area (Å²) < 4.78 is 33.5. The maximum absolute atomic E-state index is 14.4. The Hall–Kier alpha value is -2.69. The van der Waals surface area contributed by atoms with E-state index in [0.29, 0.717) is 17.5 Å². The molecule has 28 heavy (non-hydrogen) atoms. The molecule has 2 aliphatic rings. The van der Waals surface area contributed by atoms with Gasteiger partial charge in [-0.3, -0.25) is 4.90 Å². The van der Waals surface area contributed by atoms with E-state index in [-0.39, 0.29) is 24.8 Å². The molecule has 2 heterocycles. The van der Waals surface area contributed by atoms with Crippen molar-refractivity contribution in [2.45, 2.75) is 51.3 Å². The first-order chi connectivity index (χ1) is 13.5. The van der Waals surface area contributed by atoms with E-state index in [0.717, 1.165) is 36.5 Å². The minimum atomic E-state index is -0.549. The fourth-order valence-electron chi connectivity index (χ4n) is 4.21. The van der Waals surface area contributed by atoms with Crippen molar-refractivity contribution in [1.82, 2.24) is 4.90 Å². The third kappa shape index (κ3) is 3.66. The Labute approximate surface area is 163 Å². The minimum Gasteiger partial charge on any atom is -0.445 e. The molecule has 4 rings (SSSR count). The van der Waals surface area contributed by atoms with Crippen LogP contribution in [0.3, 0.4) is 0 Å². The molecule has 5 heteroatoms. The summed E-state index contributed by atoms with van der Waals surface area (Å²) >= 11 is 0. The number of aryl methyl sites for hydroxylation is 1. The van der Waals surface area contributed by atoms with Gasteiger partial charge in [-0.15, -0.1) is 0 Å². The molecular weight excluding hydrogens is 360 g/mol. The van der Waals surface area contributed by atoms with Gasteiger partial charge in [0.25, 0.3) is 0 Å². The van der Waals surface area contributed by atoms with Gasteiger partial charge in [0.1, 0.15) is 18.2 Å². The quantitative estimate of drug-likeness (QED) is 0.688. The first-order valence-electron chi connectivity index (χ1n) is 9.68. The van der Waals surface area contributed by atoms with Crippen LogP contribution >= 0.6 is 0 Å². The lowest BCUT2D eigenvalue weighted by molar-refractivity contribution is 0.0510. The highest BCUT2D eigenvalue weighted by Crippen LogP contribution is 2.38. The van der Waals surface area contributed by atoms with Gasteiger partial charge in [-0.2, -0.15) is 0 Å². The summed E-state index contributed by atoms with van der Waals surface area (Å²) in [4.78, 5) is 14.5. The molecular formula is C23H23F2NO2. The monoisotopic (exact) mass is 383 g/mol. The number of hydrogen-bond donors (Lipinski definition) is 0. The number of carbonyl (C=O) groups is 1. The van der Waals surface area contributed by atoms with Crippen LogP contribution in [0.1, 0.15) is 42.4 Å². The van der Waals surface area contributed by atoms with Gasteiger partial charge in [0.05, 0.1) is 6.04 Å². The highest BCUT2D eigenvalue weighted by molar-refractivity contribution is 5.75. The number of benzene rings is 2. The number of rotatable bonds is 3. The Morgan fingerprint density at radius 3 is 2.68 bits per heavy atom. The third-order valence-electron chi connectivity index (χ3n) is 5.65. The molecule has 2 aromatic carbocycles. The molecule has 2 atom stereocenters. The number of hydrogen-bond acceptors (Lipinski definition) is 2. The number of amides is 1. The maximum atomic E-state index is 14.4. The fourth-order valence-corrected chi connectivity index (χ4v) is 4.21. The number of ether oxygens (including phenoxy) is 1. The van der Waals surface area contributed by atoms with Gasteiger partial charge >= 0.3 is 6.09 Å². The SMILES string of the molecule is Cc1cc(C2=CC3CCCC(C2)N3C(=O)OCc2ccccc2)c(F)cc1F. The number of nitrogens with zero attached hydrogens (tertiary/aromatic N) is 1. The lowest BCUT2D eigenvalue weighted by Gasteiger charge is -2.44. The summed E-state index contributed by atoms with van der Waals surface area (Å²) in [6, 6.07) is 12.0. The van der Waals surface area contributed by atoms with Crippen LogP contribution in [-0.2, 0) is 11.3 Å². The van der Waals surface area contributed by atoms with E-state index in [1.54, 1.807) is 17.9 Å². The predicted molar refractivity (Wildman–Crippen MR) is 104 cm³/mol. The van der Waals surface area contributed by atoms with Crippen molar-refractivity contribution in [3.63, 3.8) is 0 Å². The van der Waals surface area contributed by atoms with Gasteiger partial charge in [-0.1, -0.05) is 36.4 Å². The highest BCUT2D eigenvalue weighted by atomic mass is 19.1. The fraction of sp³-hybridized carbons (Fsp3) is 0.348. The van der Waals surface area contributed by atoms with E-state index >= 15 is 0 Å². The van der Waals surface area contributed by atoms with Crippen LogP contribution in [0.15, 0.2) is 48.5 Å². The first kappa shape index (κ1) is 18.7. The molecule has 3 nitrogen and oxygen atoms in total. The molecule has 0 aromatic heterocycles. The van der Waals surface area contributed by atoms with E-state index in [9.17, 15) is 13.6 Å². The lowest BCUT2D eigenvalue weighted by atomic mass is 9.82. The molecule has 2 bridgehead atoms. The molecule has 1 amide bonds. The summed E-state index contributed by atoms with van der Waals surface area (Å²) in [5.74, 6) is -1.09. The van der Waals surface area contributed by atoms with E-state index in [2.05, 4.69) is 0 Å². The van der Waals surface area contributed by atoms with Crippen molar-refractivity contribution in [2.75, 3.05) is 0 Å². The zero-order valence-corrected chi connectivity index (χ0v) is 15.8. The van der Waals surface area contributed by atoms with E-state index in [1.165, 1.54) is 0 Å². The Bertz CT molecular complexity index is 910. The topological polar surface area (TPSA) is 29.5 Å². The van der Waals surface area contributed by atoms with Gasteiger partial charge in [0, 0.05) is 17.7 Å². The van der Waals surface area contributed by atoms with E-state index < -0.39 is 11.6 Å². The molecule has 0 aliphatic carbocycles. The Morgan fingerprint density at radius 1 is 1.14 bits per heavy atom. The van der Waals surface area contributed by atoms with Crippen molar-refractivity contribution in [3.05, 3.63) is 76.9 Å². The molecule has 0 saturated carbocycles. The molecule has 2 aliphatic heterocycles. The first-order valence-corrected chi connectivity index (χ1v) is 9.68. The van der Waals surface area contributed by atoms with Crippen molar-refractivity contribution >= 4 is 11.7 Å². The standard InChI is InChI=1S/C23H23F2NO2/c1-15-10-20(22(25)13-21(15)24)17-11-18-8-5-9-19(12-17)26(18)23(27)28-14-16-6-3-2-4-7-16/h2-4,6-7,10-11,13,18-19H,5,8-9,12,14H2,1H3. The Morgan fingerprint density at radius 2 is 1.93 bits per heavy atom. The van der Waals surface area contributed by atoms with Crippen LogP contribution in [-0.4, -0.2) is 23.1 Å². The number of halogens is 2. The van der Waals surface area contributed by atoms with Gasteiger partial charge in [-0.05, 0) is 55.4 Å². The van der Waals surface area contributed by atoms with Crippen LogP contribution in [0.2, 0.25) is 0 Å². The van der Waals surface area contributed by atoms with Gasteiger partial charge < -0.3 is 4.74 Å². The Balaban J connectivity index is 1.54. The summed E-state index contributed by atoms with van der Waals surface area (Å²) in [6.07, 6.45) is 4.88. The zero-order chi connectivity index (χ0) is 19.7. The smallest absolute Gasteiger partial charge is 0.410 e. The van der Waals surface area contributed by atoms with Crippen molar-refractivity contribution in [3.8, 4) is 0 Å². The second kappa shape index (κ2) is 7.74. The molecule has 0 spiro atoms. The van der Waals surface area contributed by atoms with E-state index in [4.69, 9.17) is 4.74 Å². The highest BCUT2D eigenvalue weighted by Gasteiger charge is 2.38. The normalized spacial score (nSPS) is 21.2. The number of fused-ring (bicyclic) bond motifs is 2. The third-order valence-corrected chi connectivity index (χ3v) is 5.65. The largest absolute Gasteiger partial charge is 0.445 e. The second-order valence-corrected chi connectivity index (χ2v) is 7.58. The second-order valence-electron chi connectivity index (χ2n) is 7.58. The zero-order valence-electron chi connectivity index (χ0n) is 15.8. The lowest BCUT2D eigenvalue weighted by Crippen LogP contribution is -2.51. The number of piperidine rings is 1. The molecule has 0 radical (unpaired) electrons. The maximum Gasteiger partial charge on any atom is 0.410 e. The summed E-state index contributed by atoms with van der Waals surface area (Å²) in [7, 11) is 0. The molecule has 2 unspecified atom stereocenters. The summed E-state index contributed by atoms with van der Waals surface area (Å²) in [5, 5.41) is 0. The van der Waals surface area contributed by atoms with Gasteiger partial charge in [0.2, 0.25) is 0 Å².